The number of Topliss-reactive ketones (excluding diaryl/α,β-unsaturated/α-hetero) is 1. The van der Waals surface area contributed by atoms with E-state index in [1.807, 2.05) is 32.7 Å². The van der Waals surface area contributed by atoms with Crippen molar-refractivity contribution in [2.45, 2.75) is 32.8 Å². The maximum atomic E-state index is 12.0. The van der Waals surface area contributed by atoms with Gasteiger partial charge in [-0.25, -0.2) is 4.79 Å². The smallest absolute Gasteiger partial charge is 0.410 e. The summed E-state index contributed by atoms with van der Waals surface area (Å²) in [5.41, 5.74) is -0.471. The van der Waals surface area contributed by atoms with Gasteiger partial charge in [0.2, 0.25) is 5.78 Å². The first-order valence-electron chi connectivity index (χ1n) is 7.98. The zero-order valence-electron chi connectivity index (χ0n) is 14.4. The summed E-state index contributed by atoms with van der Waals surface area (Å²) in [6.07, 6.45) is 2.18. The Balaban J connectivity index is 1.76. The number of hydrogen-bond acceptors (Lipinski definition) is 5. The number of hydrogen-bond donors (Lipinski definition) is 0. The molecule has 0 saturated carbocycles. The minimum Gasteiger partial charge on any atom is -0.461 e. The number of likely N-dealkylation sites (N-methyl/N-ethyl adjacent to an activating group) is 1. The van der Waals surface area contributed by atoms with Crippen molar-refractivity contribution in [1.82, 2.24) is 9.80 Å². The Bertz CT molecular complexity index is 533. The molecule has 0 bridgehead atoms. The van der Waals surface area contributed by atoms with E-state index in [0.29, 0.717) is 31.3 Å². The average Bonchev–Trinajstić information content (AvgIpc) is 3.07. The van der Waals surface area contributed by atoms with E-state index in [0.717, 1.165) is 13.0 Å². The maximum Gasteiger partial charge on any atom is 0.410 e. The molecule has 0 aliphatic carbocycles. The van der Waals surface area contributed by atoms with Crippen molar-refractivity contribution < 1.29 is 18.7 Å². The molecule has 0 N–H and O–H groups in total. The highest BCUT2D eigenvalue weighted by Crippen LogP contribution is 2.20. The second-order valence-corrected chi connectivity index (χ2v) is 7.18. The second-order valence-electron chi connectivity index (χ2n) is 7.18. The van der Waals surface area contributed by atoms with E-state index in [1.165, 1.54) is 6.26 Å². The van der Waals surface area contributed by atoms with Crippen LogP contribution in [0.3, 0.4) is 0 Å². The number of ketones is 1. The summed E-state index contributed by atoms with van der Waals surface area (Å²) in [7, 11) is 1.91. The molecule has 2 heterocycles. The third kappa shape index (κ3) is 5.39. The zero-order valence-corrected chi connectivity index (χ0v) is 14.4. The molecule has 1 aromatic heterocycles. The van der Waals surface area contributed by atoms with Crippen molar-refractivity contribution >= 4 is 11.9 Å². The topological polar surface area (TPSA) is 63.0 Å². The van der Waals surface area contributed by atoms with Gasteiger partial charge in [-0.1, -0.05) is 0 Å². The zero-order chi connectivity index (χ0) is 17.0. The number of carbonyl (C=O) groups is 2. The fraction of sp³-hybridized carbons (Fsp3) is 0.647. The van der Waals surface area contributed by atoms with Crippen molar-refractivity contribution in [2.75, 3.05) is 33.2 Å². The summed E-state index contributed by atoms with van der Waals surface area (Å²) >= 11 is 0. The third-order valence-electron chi connectivity index (χ3n) is 3.72. The Morgan fingerprint density at radius 3 is 2.78 bits per heavy atom. The van der Waals surface area contributed by atoms with Crippen LogP contribution in [-0.2, 0) is 4.74 Å². The fourth-order valence-corrected chi connectivity index (χ4v) is 2.74. The molecule has 0 unspecified atom stereocenters. The molecule has 6 nitrogen and oxygen atoms in total. The lowest BCUT2D eigenvalue weighted by molar-refractivity contribution is 0.0285. The van der Waals surface area contributed by atoms with E-state index in [1.54, 1.807) is 17.0 Å². The minimum atomic E-state index is -0.471. The van der Waals surface area contributed by atoms with Gasteiger partial charge >= 0.3 is 6.09 Å². The number of ether oxygens (including phenoxy) is 1. The molecule has 1 aliphatic heterocycles. The van der Waals surface area contributed by atoms with Gasteiger partial charge in [0.05, 0.1) is 12.8 Å². The van der Waals surface area contributed by atoms with Crippen LogP contribution >= 0.6 is 0 Å². The molecule has 0 aromatic carbocycles. The van der Waals surface area contributed by atoms with Gasteiger partial charge in [0.15, 0.2) is 5.76 Å². The molecule has 1 aromatic rings. The predicted molar refractivity (Wildman–Crippen MR) is 86.4 cm³/mol. The highest BCUT2D eigenvalue weighted by atomic mass is 16.6. The Labute approximate surface area is 137 Å². The van der Waals surface area contributed by atoms with E-state index < -0.39 is 5.60 Å². The Morgan fingerprint density at radius 1 is 1.43 bits per heavy atom. The maximum absolute atomic E-state index is 12.0. The molecule has 1 fully saturated rings. The van der Waals surface area contributed by atoms with Gasteiger partial charge in [0.25, 0.3) is 0 Å². The van der Waals surface area contributed by atoms with E-state index in [9.17, 15) is 9.59 Å². The van der Waals surface area contributed by atoms with Crippen LogP contribution in [0.4, 0.5) is 4.79 Å². The van der Waals surface area contributed by atoms with Crippen LogP contribution in [0.2, 0.25) is 0 Å². The van der Waals surface area contributed by atoms with Gasteiger partial charge < -0.3 is 14.1 Å². The van der Waals surface area contributed by atoms with Crippen molar-refractivity contribution in [3.8, 4) is 0 Å². The number of rotatable bonds is 5. The second kappa shape index (κ2) is 7.17. The summed E-state index contributed by atoms with van der Waals surface area (Å²) in [6, 6.07) is 3.39. The molecule has 1 amide bonds. The molecule has 128 valence electrons. The van der Waals surface area contributed by atoms with Gasteiger partial charge in [-0.3, -0.25) is 9.69 Å². The van der Waals surface area contributed by atoms with Crippen molar-refractivity contribution in [3.05, 3.63) is 24.2 Å². The quantitative estimate of drug-likeness (QED) is 0.780. The first-order valence-corrected chi connectivity index (χ1v) is 7.98. The number of likely N-dealkylation sites (tertiary alicyclic amines) is 1. The van der Waals surface area contributed by atoms with Gasteiger partial charge in [-0.05, 0) is 52.3 Å². The number of carbonyl (C=O) groups excluding carboxylic acids is 2. The molecule has 23 heavy (non-hydrogen) atoms. The first kappa shape index (κ1) is 17.5. The summed E-state index contributed by atoms with van der Waals surface area (Å²) in [5.74, 6) is 0.718. The first-order chi connectivity index (χ1) is 10.7. The van der Waals surface area contributed by atoms with Crippen LogP contribution in [0.5, 0.6) is 0 Å². The molecule has 1 saturated heterocycles. The number of amides is 1. The number of nitrogens with zero attached hydrogens (tertiary/aromatic N) is 2. The molecule has 0 radical (unpaired) electrons. The summed E-state index contributed by atoms with van der Waals surface area (Å²) in [4.78, 5) is 27.8. The molecule has 0 spiro atoms. The van der Waals surface area contributed by atoms with Crippen LogP contribution in [0.1, 0.15) is 37.7 Å². The molecular formula is C17H26N2O4. The van der Waals surface area contributed by atoms with Crippen molar-refractivity contribution in [1.29, 1.82) is 0 Å². The minimum absolute atomic E-state index is 0.0282. The predicted octanol–water partition coefficient (Wildman–Crippen LogP) is 2.65. The lowest BCUT2D eigenvalue weighted by atomic mass is 10.1. The molecule has 1 aliphatic rings. The normalized spacial score (nSPS) is 18.5. The van der Waals surface area contributed by atoms with Gasteiger partial charge in [-0.2, -0.15) is 0 Å². The van der Waals surface area contributed by atoms with Crippen LogP contribution in [0.25, 0.3) is 0 Å². The largest absolute Gasteiger partial charge is 0.461 e. The van der Waals surface area contributed by atoms with E-state index in [-0.39, 0.29) is 11.9 Å². The van der Waals surface area contributed by atoms with Crippen LogP contribution in [-0.4, -0.2) is 60.5 Å². The van der Waals surface area contributed by atoms with Crippen LogP contribution in [0.15, 0.2) is 22.8 Å². The summed E-state index contributed by atoms with van der Waals surface area (Å²) in [5, 5.41) is 0. The van der Waals surface area contributed by atoms with E-state index >= 15 is 0 Å². The van der Waals surface area contributed by atoms with Crippen LogP contribution < -0.4 is 0 Å². The Kier molecular flexibility index (Phi) is 5.46. The van der Waals surface area contributed by atoms with Gasteiger partial charge in [-0.15, -0.1) is 0 Å². The van der Waals surface area contributed by atoms with Crippen molar-refractivity contribution in [2.24, 2.45) is 5.92 Å². The van der Waals surface area contributed by atoms with Gasteiger partial charge in [0.1, 0.15) is 5.60 Å². The van der Waals surface area contributed by atoms with Gasteiger partial charge in [0, 0.05) is 19.6 Å². The fourth-order valence-electron chi connectivity index (χ4n) is 2.74. The Morgan fingerprint density at radius 2 is 2.17 bits per heavy atom. The summed E-state index contributed by atoms with van der Waals surface area (Å²) < 4.78 is 10.5. The van der Waals surface area contributed by atoms with Crippen molar-refractivity contribution in [3.63, 3.8) is 0 Å². The molecule has 2 rings (SSSR count). The molecular weight excluding hydrogens is 296 g/mol. The molecule has 6 heteroatoms. The third-order valence-corrected chi connectivity index (χ3v) is 3.72. The lowest BCUT2D eigenvalue weighted by Gasteiger charge is -2.25. The highest BCUT2D eigenvalue weighted by Gasteiger charge is 2.30. The van der Waals surface area contributed by atoms with E-state index in [2.05, 4.69) is 0 Å². The lowest BCUT2D eigenvalue weighted by Crippen LogP contribution is -2.36. The molecule has 1 atom stereocenters. The number of furan rings is 1. The highest BCUT2D eigenvalue weighted by molar-refractivity contribution is 5.94. The SMILES string of the molecule is CN(CC(=O)c1ccco1)C[C@@H]1CCN(C(=O)OC(C)(C)C)C1. The Hall–Kier alpha value is -1.82. The average molecular weight is 322 g/mol. The monoisotopic (exact) mass is 322 g/mol. The van der Waals surface area contributed by atoms with E-state index in [4.69, 9.17) is 9.15 Å². The standard InChI is InChI=1S/C17H26N2O4/c1-17(2,3)23-16(21)19-8-7-13(11-19)10-18(4)12-14(20)15-6-5-9-22-15/h5-6,9,13H,7-8,10-12H2,1-4H3/t13-/m0/s1. The van der Waals surface area contributed by atoms with Crippen LogP contribution in [0, 0.1) is 5.92 Å². The summed E-state index contributed by atoms with van der Waals surface area (Å²) in [6.45, 7) is 8.07.